The second kappa shape index (κ2) is 7.65. The third-order valence-corrected chi connectivity index (χ3v) is 6.18. The summed E-state index contributed by atoms with van der Waals surface area (Å²) in [6, 6.07) is 4.93. The number of hydrogen-bond donors (Lipinski definition) is 1. The highest BCUT2D eigenvalue weighted by atomic mass is 79.9. The van der Waals surface area contributed by atoms with Crippen LogP contribution in [-0.4, -0.2) is 16.3 Å². The van der Waals surface area contributed by atoms with E-state index in [1.165, 1.54) is 23.3 Å². The van der Waals surface area contributed by atoms with E-state index in [0.717, 1.165) is 40.7 Å². The minimum atomic E-state index is -3.89. The van der Waals surface area contributed by atoms with Crippen LogP contribution in [0.3, 0.4) is 0 Å². The molecule has 0 saturated carbocycles. The van der Waals surface area contributed by atoms with Crippen molar-refractivity contribution in [1.29, 1.82) is 0 Å². The summed E-state index contributed by atoms with van der Waals surface area (Å²) in [5, 5.41) is 3.94. The van der Waals surface area contributed by atoms with Crippen molar-refractivity contribution < 1.29 is 18.0 Å². The molecule has 2 aromatic carbocycles. The Morgan fingerprint density at radius 3 is 2.70 bits per heavy atom. The van der Waals surface area contributed by atoms with Crippen LogP contribution < -0.4 is 5.32 Å². The van der Waals surface area contributed by atoms with E-state index >= 15 is 0 Å². The number of alkyl halides is 2. The number of aldehydes is 1. The first-order valence-electron chi connectivity index (χ1n) is 9.61. The van der Waals surface area contributed by atoms with Gasteiger partial charge in [-0.05, 0) is 56.4 Å². The van der Waals surface area contributed by atoms with Gasteiger partial charge in [0, 0.05) is 15.4 Å². The van der Waals surface area contributed by atoms with Crippen LogP contribution in [0.2, 0.25) is 0 Å². The standard InChI is InChI=1S/C22H19BrF3N3O/c1-11(13-5-4-8-17(19(13)24)22(25,26)10-30)27-21-16-9-18(23)14-6-3-7-15(14)20(16)28-12(2)29-21/h4-5,8-11H,3,6-7H2,1-2H3,(H,27,28,29)/t11-/m1/s1. The summed E-state index contributed by atoms with van der Waals surface area (Å²) < 4.78 is 43.4. The molecule has 1 aliphatic carbocycles. The lowest BCUT2D eigenvalue weighted by Crippen LogP contribution is -2.19. The minimum absolute atomic E-state index is 0.0265. The van der Waals surface area contributed by atoms with Crippen molar-refractivity contribution in [3.8, 4) is 0 Å². The molecule has 1 atom stereocenters. The molecule has 4 rings (SSSR count). The summed E-state index contributed by atoms with van der Waals surface area (Å²) in [6.07, 6.45) is 2.41. The van der Waals surface area contributed by atoms with Gasteiger partial charge in [0.05, 0.1) is 17.1 Å². The summed E-state index contributed by atoms with van der Waals surface area (Å²) >= 11 is 3.62. The first-order valence-corrected chi connectivity index (χ1v) is 10.4. The van der Waals surface area contributed by atoms with Crippen molar-refractivity contribution in [3.63, 3.8) is 0 Å². The number of carbonyl (C=O) groups is 1. The number of nitrogens with one attached hydrogen (secondary N) is 1. The van der Waals surface area contributed by atoms with Crippen LogP contribution in [0, 0.1) is 12.7 Å². The van der Waals surface area contributed by atoms with Gasteiger partial charge < -0.3 is 5.32 Å². The molecule has 30 heavy (non-hydrogen) atoms. The van der Waals surface area contributed by atoms with Crippen molar-refractivity contribution in [3.05, 3.63) is 62.6 Å². The molecule has 8 heteroatoms. The first-order chi connectivity index (χ1) is 14.2. The minimum Gasteiger partial charge on any atom is -0.363 e. The Morgan fingerprint density at radius 1 is 1.23 bits per heavy atom. The summed E-state index contributed by atoms with van der Waals surface area (Å²) in [4.78, 5) is 19.8. The van der Waals surface area contributed by atoms with Gasteiger partial charge in [-0.3, -0.25) is 4.79 Å². The molecule has 3 aromatic rings. The van der Waals surface area contributed by atoms with Crippen LogP contribution in [0.15, 0.2) is 28.7 Å². The van der Waals surface area contributed by atoms with E-state index in [1.807, 2.05) is 6.07 Å². The molecule has 1 aromatic heterocycles. The third kappa shape index (κ3) is 3.47. The van der Waals surface area contributed by atoms with E-state index < -0.39 is 29.6 Å². The van der Waals surface area contributed by atoms with Gasteiger partial charge in [0.1, 0.15) is 17.5 Å². The highest BCUT2D eigenvalue weighted by Crippen LogP contribution is 2.38. The second-order valence-electron chi connectivity index (χ2n) is 7.50. The van der Waals surface area contributed by atoms with Gasteiger partial charge in [0.15, 0.2) is 6.29 Å². The van der Waals surface area contributed by atoms with Gasteiger partial charge in [0.2, 0.25) is 0 Å². The van der Waals surface area contributed by atoms with Crippen LogP contribution in [-0.2, 0) is 23.6 Å². The van der Waals surface area contributed by atoms with Crippen molar-refractivity contribution in [1.82, 2.24) is 9.97 Å². The predicted octanol–water partition coefficient (Wildman–Crippen LogP) is 5.79. The molecule has 0 unspecified atom stereocenters. The Hall–Kier alpha value is -2.48. The molecule has 0 radical (unpaired) electrons. The van der Waals surface area contributed by atoms with E-state index in [2.05, 4.69) is 31.2 Å². The van der Waals surface area contributed by atoms with Crippen LogP contribution in [0.1, 0.15) is 47.5 Å². The zero-order valence-corrected chi connectivity index (χ0v) is 18.0. The average molecular weight is 478 g/mol. The summed E-state index contributed by atoms with van der Waals surface area (Å²) in [5.74, 6) is -3.92. The predicted molar refractivity (Wildman–Crippen MR) is 112 cm³/mol. The average Bonchev–Trinajstić information content (AvgIpc) is 3.20. The maximum absolute atomic E-state index is 14.8. The Labute approximate surface area is 180 Å². The molecule has 156 valence electrons. The highest BCUT2D eigenvalue weighted by Gasteiger charge is 2.35. The number of aryl methyl sites for hydroxylation is 2. The number of anilines is 1. The number of halogens is 4. The molecule has 0 spiro atoms. The molecule has 0 amide bonds. The number of fused-ring (bicyclic) bond motifs is 3. The van der Waals surface area contributed by atoms with Crippen molar-refractivity contribution >= 4 is 38.9 Å². The van der Waals surface area contributed by atoms with Gasteiger partial charge in [0.25, 0.3) is 0 Å². The normalized spacial score (nSPS) is 14.6. The zero-order valence-electron chi connectivity index (χ0n) is 16.4. The lowest BCUT2D eigenvalue weighted by atomic mass is 10.00. The quantitative estimate of drug-likeness (QED) is 0.472. The van der Waals surface area contributed by atoms with Gasteiger partial charge in [-0.15, -0.1) is 0 Å². The van der Waals surface area contributed by atoms with Gasteiger partial charge in [-0.1, -0.05) is 28.1 Å². The van der Waals surface area contributed by atoms with E-state index in [0.29, 0.717) is 11.6 Å². The molecule has 0 fully saturated rings. The molecule has 0 saturated heterocycles. The van der Waals surface area contributed by atoms with E-state index in [-0.39, 0.29) is 5.56 Å². The fourth-order valence-electron chi connectivity index (χ4n) is 4.03. The van der Waals surface area contributed by atoms with Crippen molar-refractivity contribution in [2.45, 2.75) is 45.1 Å². The van der Waals surface area contributed by atoms with Crippen LogP contribution in [0.25, 0.3) is 10.9 Å². The molecule has 1 N–H and O–H groups in total. The van der Waals surface area contributed by atoms with Crippen molar-refractivity contribution in [2.24, 2.45) is 0 Å². The largest absolute Gasteiger partial charge is 0.363 e. The van der Waals surface area contributed by atoms with Crippen LogP contribution >= 0.6 is 15.9 Å². The van der Waals surface area contributed by atoms with Crippen molar-refractivity contribution in [2.75, 3.05) is 5.32 Å². The van der Waals surface area contributed by atoms with E-state index in [4.69, 9.17) is 0 Å². The Morgan fingerprint density at radius 2 is 1.97 bits per heavy atom. The summed E-state index contributed by atoms with van der Waals surface area (Å²) in [7, 11) is 0. The number of hydrogen-bond acceptors (Lipinski definition) is 4. The Bertz CT molecular complexity index is 1170. The first kappa shape index (κ1) is 20.8. The molecule has 4 nitrogen and oxygen atoms in total. The Kier molecular flexibility index (Phi) is 5.30. The van der Waals surface area contributed by atoms with Crippen LogP contribution in [0.5, 0.6) is 0 Å². The number of nitrogens with zero attached hydrogens (tertiary/aromatic N) is 2. The van der Waals surface area contributed by atoms with Gasteiger partial charge in [-0.2, -0.15) is 8.78 Å². The maximum Gasteiger partial charge on any atom is 0.330 e. The highest BCUT2D eigenvalue weighted by molar-refractivity contribution is 9.10. The lowest BCUT2D eigenvalue weighted by Gasteiger charge is -2.20. The van der Waals surface area contributed by atoms with Gasteiger partial charge in [-0.25, -0.2) is 14.4 Å². The molecule has 1 heterocycles. The van der Waals surface area contributed by atoms with E-state index in [9.17, 15) is 18.0 Å². The van der Waals surface area contributed by atoms with E-state index in [1.54, 1.807) is 13.8 Å². The summed E-state index contributed by atoms with van der Waals surface area (Å²) in [5.41, 5.74) is 2.37. The number of benzene rings is 2. The van der Waals surface area contributed by atoms with Crippen LogP contribution in [0.4, 0.5) is 19.0 Å². The number of aromatic nitrogens is 2. The fraction of sp³-hybridized carbons (Fsp3) is 0.318. The fourth-order valence-corrected chi connectivity index (χ4v) is 4.69. The molecular weight excluding hydrogens is 459 g/mol. The molecule has 0 bridgehead atoms. The molecular formula is C22H19BrF3N3O. The smallest absolute Gasteiger partial charge is 0.330 e. The summed E-state index contributed by atoms with van der Waals surface area (Å²) in [6.45, 7) is 3.44. The maximum atomic E-state index is 14.8. The number of carbonyl (C=O) groups excluding carboxylic acids is 1. The number of rotatable bonds is 5. The third-order valence-electron chi connectivity index (χ3n) is 5.48. The monoisotopic (exact) mass is 477 g/mol. The second-order valence-corrected chi connectivity index (χ2v) is 8.35. The molecule has 0 aliphatic heterocycles. The topological polar surface area (TPSA) is 54.9 Å². The molecule has 1 aliphatic rings. The lowest BCUT2D eigenvalue weighted by molar-refractivity contribution is -0.130. The SMILES string of the molecule is Cc1nc(N[C@H](C)c2cccc(C(F)(F)C=O)c2F)c2cc(Br)c3c(c2n1)CCC3. The zero-order chi connectivity index (χ0) is 21.6. The van der Waals surface area contributed by atoms with Gasteiger partial charge >= 0.3 is 5.92 Å². The Balaban J connectivity index is 1.78.